The van der Waals surface area contributed by atoms with Gasteiger partial charge in [-0.3, -0.25) is 4.79 Å². The molecule has 1 fully saturated rings. The van der Waals surface area contributed by atoms with Gasteiger partial charge in [-0.1, -0.05) is 24.6 Å². The number of H-pyrrole nitrogens is 1. The number of piperidine rings is 1. The summed E-state index contributed by atoms with van der Waals surface area (Å²) in [7, 11) is -3.35. The van der Waals surface area contributed by atoms with Crippen molar-refractivity contribution in [1.29, 1.82) is 0 Å². The zero-order valence-electron chi connectivity index (χ0n) is 13.8. The van der Waals surface area contributed by atoms with Gasteiger partial charge in [0.25, 0.3) is 0 Å². The maximum absolute atomic E-state index is 12.4. The van der Waals surface area contributed by atoms with Crippen molar-refractivity contribution in [1.82, 2.24) is 14.6 Å². The second kappa shape index (κ2) is 6.94. The van der Waals surface area contributed by atoms with Gasteiger partial charge in [-0.2, -0.15) is 4.31 Å². The molecule has 2 aromatic rings. The monoisotopic (exact) mass is 349 g/mol. The van der Waals surface area contributed by atoms with Gasteiger partial charge >= 0.3 is 0 Å². The fourth-order valence-corrected chi connectivity index (χ4v) is 4.46. The summed E-state index contributed by atoms with van der Waals surface area (Å²) in [5, 5.41) is 4.05. The van der Waals surface area contributed by atoms with Crippen LogP contribution in [0.4, 0.5) is 0 Å². The van der Waals surface area contributed by atoms with Crippen molar-refractivity contribution < 1.29 is 13.2 Å². The van der Waals surface area contributed by atoms with Gasteiger partial charge in [-0.15, -0.1) is 0 Å². The van der Waals surface area contributed by atoms with E-state index in [-0.39, 0.29) is 5.91 Å². The number of para-hydroxylation sites is 1. The highest BCUT2D eigenvalue weighted by molar-refractivity contribution is 7.88. The van der Waals surface area contributed by atoms with Crippen LogP contribution in [0.2, 0.25) is 0 Å². The molecule has 1 aromatic carbocycles. The highest BCUT2D eigenvalue weighted by Crippen LogP contribution is 2.20. The van der Waals surface area contributed by atoms with Crippen LogP contribution in [0.15, 0.2) is 30.5 Å². The molecule has 2 N–H and O–H groups in total. The van der Waals surface area contributed by atoms with Gasteiger partial charge in [0.1, 0.15) is 6.04 Å². The molecule has 1 amide bonds. The van der Waals surface area contributed by atoms with Crippen molar-refractivity contribution in [3.63, 3.8) is 0 Å². The third-order valence-electron chi connectivity index (χ3n) is 4.55. The molecule has 0 unspecified atom stereocenters. The Morgan fingerprint density at radius 1 is 1.33 bits per heavy atom. The molecule has 0 aliphatic carbocycles. The lowest BCUT2D eigenvalue weighted by Crippen LogP contribution is -2.51. The van der Waals surface area contributed by atoms with Crippen LogP contribution in [-0.4, -0.2) is 49.0 Å². The summed E-state index contributed by atoms with van der Waals surface area (Å²) >= 11 is 0. The minimum Gasteiger partial charge on any atom is -0.361 e. The summed E-state index contributed by atoms with van der Waals surface area (Å²) < 4.78 is 25.0. The molecular formula is C17H23N3O3S. The van der Waals surface area contributed by atoms with Crippen LogP contribution in [0.3, 0.4) is 0 Å². The molecule has 0 radical (unpaired) electrons. The van der Waals surface area contributed by atoms with Gasteiger partial charge in [0, 0.05) is 30.2 Å². The van der Waals surface area contributed by atoms with E-state index in [1.807, 2.05) is 24.4 Å². The van der Waals surface area contributed by atoms with Crippen LogP contribution in [0.5, 0.6) is 0 Å². The third-order valence-corrected chi connectivity index (χ3v) is 5.84. The van der Waals surface area contributed by atoms with Gasteiger partial charge in [0.05, 0.1) is 6.26 Å². The molecule has 1 saturated heterocycles. The summed E-state index contributed by atoms with van der Waals surface area (Å²) in [6.07, 6.45) is 6.12. The fraction of sp³-hybridized carbons (Fsp3) is 0.471. The summed E-state index contributed by atoms with van der Waals surface area (Å²) in [6.45, 7) is 0.925. The Labute approximate surface area is 142 Å². The molecule has 7 heteroatoms. The van der Waals surface area contributed by atoms with Crippen molar-refractivity contribution in [2.45, 2.75) is 31.7 Å². The normalized spacial score (nSPS) is 19.5. The average molecular weight is 349 g/mol. The molecule has 3 rings (SSSR count). The van der Waals surface area contributed by atoms with E-state index in [0.717, 1.165) is 29.3 Å². The lowest BCUT2D eigenvalue weighted by atomic mass is 10.0. The van der Waals surface area contributed by atoms with E-state index in [1.165, 1.54) is 10.6 Å². The number of benzene rings is 1. The molecule has 0 saturated carbocycles. The number of amides is 1. The first-order valence-corrected chi connectivity index (χ1v) is 10.1. The second-order valence-corrected chi connectivity index (χ2v) is 8.22. The zero-order valence-corrected chi connectivity index (χ0v) is 14.6. The quantitative estimate of drug-likeness (QED) is 0.861. The van der Waals surface area contributed by atoms with Crippen molar-refractivity contribution in [2.24, 2.45) is 0 Å². The topological polar surface area (TPSA) is 82.3 Å². The highest BCUT2D eigenvalue weighted by Gasteiger charge is 2.34. The van der Waals surface area contributed by atoms with E-state index in [0.29, 0.717) is 25.9 Å². The zero-order chi connectivity index (χ0) is 17.2. The maximum Gasteiger partial charge on any atom is 0.238 e. The number of rotatable bonds is 5. The fourth-order valence-electron chi connectivity index (χ4n) is 3.34. The smallest absolute Gasteiger partial charge is 0.238 e. The Bertz CT molecular complexity index is 828. The Morgan fingerprint density at radius 2 is 2.12 bits per heavy atom. The molecule has 0 bridgehead atoms. The third kappa shape index (κ3) is 3.62. The van der Waals surface area contributed by atoms with Crippen molar-refractivity contribution in [3.05, 3.63) is 36.0 Å². The van der Waals surface area contributed by atoms with Crippen LogP contribution >= 0.6 is 0 Å². The van der Waals surface area contributed by atoms with Crippen LogP contribution in [0.1, 0.15) is 24.8 Å². The number of hydrogen-bond donors (Lipinski definition) is 2. The molecule has 1 aliphatic rings. The van der Waals surface area contributed by atoms with Gasteiger partial charge < -0.3 is 10.3 Å². The van der Waals surface area contributed by atoms with E-state index >= 15 is 0 Å². The molecule has 1 atom stereocenters. The Hall–Kier alpha value is -1.86. The molecule has 6 nitrogen and oxygen atoms in total. The van der Waals surface area contributed by atoms with Crippen LogP contribution in [0, 0.1) is 0 Å². The Kier molecular flexibility index (Phi) is 4.91. The van der Waals surface area contributed by atoms with Crippen LogP contribution < -0.4 is 5.32 Å². The number of carbonyl (C=O) groups is 1. The minimum absolute atomic E-state index is 0.194. The minimum atomic E-state index is -3.35. The van der Waals surface area contributed by atoms with Crippen molar-refractivity contribution >= 4 is 26.8 Å². The van der Waals surface area contributed by atoms with E-state index in [2.05, 4.69) is 16.4 Å². The molecule has 2 heterocycles. The number of fused-ring (bicyclic) bond motifs is 1. The lowest BCUT2D eigenvalue weighted by molar-refractivity contribution is -0.125. The molecule has 1 aliphatic heterocycles. The standard InChI is InChI=1S/C17H23N3O3S/c1-24(22,23)20-11-5-4-8-16(20)17(21)18-10-9-13-12-19-15-7-3-2-6-14(13)15/h2-3,6-7,12,16,19H,4-5,8-11H2,1H3,(H,18,21)/t16-/m1/s1. The molecule has 130 valence electrons. The van der Waals surface area contributed by atoms with E-state index < -0.39 is 16.1 Å². The molecule has 0 spiro atoms. The first-order valence-electron chi connectivity index (χ1n) is 8.26. The van der Waals surface area contributed by atoms with Gasteiger partial charge in [-0.25, -0.2) is 8.42 Å². The number of nitrogens with one attached hydrogen (secondary N) is 2. The van der Waals surface area contributed by atoms with E-state index in [9.17, 15) is 13.2 Å². The highest BCUT2D eigenvalue weighted by atomic mass is 32.2. The predicted octanol–water partition coefficient (Wildman–Crippen LogP) is 1.64. The number of sulfonamides is 1. The number of hydrogen-bond acceptors (Lipinski definition) is 3. The maximum atomic E-state index is 12.4. The number of aromatic nitrogens is 1. The average Bonchev–Trinajstić information content (AvgIpc) is 2.97. The Balaban J connectivity index is 1.60. The first-order chi connectivity index (χ1) is 11.5. The van der Waals surface area contributed by atoms with E-state index in [1.54, 1.807) is 0 Å². The Morgan fingerprint density at radius 3 is 2.92 bits per heavy atom. The van der Waals surface area contributed by atoms with Gasteiger partial charge in [0.15, 0.2) is 0 Å². The second-order valence-electron chi connectivity index (χ2n) is 6.29. The summed E-state index contributed by atoms with van der Waals surface area (Å²) in [5.41, 5.74) is 2.23. The van der Waals surface area contributed by atoms with Crippen LogP contribution in [0.25, 0.3) is 10.9 Å². The summed E-state index contributed by atoms with van der Waals surface area (Å²) in [6, 6.07) is 7.47. The largest absolute Gasteiger partial charge is 0.361 e. The molecule has 24 heavy (non-hydrogen) atoms. The molecule has 1 aromatic heterocycles. The summed E-state index contributed by atoms with van der Waals surface area (Å²) in [5.74, 6) is -0.194. The predicted molar refractivity (Wildman–Crippen MR) is 94.2 cm³/mol. The number of aromatic amines is 1. The van der Waals surface area contributed by atoms with Gasteiger partial charge in [0.2, 0.25) is 15.9 Å². The first kappa shape index (κ1) is 17.0. The number of nitrogens with zero attached hydrogens (tertiary/aromatic N) is 1. The lowest BCUT2D eigenvalue weighted by Gasteiger charge is -2.32. The van der Waals surface area contributed by atoms with Crippen molar-refractivity contribution in [2.75, 3.05) is 19.3 Å². The summed E-state index contributed by atoms with van der Waals surface area (Å²) in [4.78, 5) is 15.6. The van der Waals surface area contributed by atoms with Gasteiger partial charge in [-0.05, 0) is 30.9 Å². The van der Waals surface area contributed by atoms with E-state index in [4.69, 9.17) is 0 Å². The van der Waals surface area contributed by atoms with Crippen molar-refractivity contribution in [3.8, 4) is 0 Å². The van der Waals surface area contributed by atoms with Crippen LogP contribution in [-0.2, 0) is 21.2 Å². The SMILES string of the molecule is CS(=O)(=O)N1CCCC[C@@H]1C(=O)NCCc1c[nH]c2ccccc12. The number of carbonyl (C=O) groups excluding carboxylic acids is 1. The molecular weight excluding hydrogens is 326 g/mol.